The lowest BCUT2D eigenvalue weighted by atomic mass is 10.0. The molecule has 112 valence electrons. The summed E-state index contributed by atoms with van der Waals surface area (Å²) in [4.78, 5) is 0. The lowest BCUT2D eigenvalue weighted by molar-refractivity contribution is 0.669. The van der Waals surface area contributed by atoms with Gasteiger partial charge in [-0.25, -0.2) is 0 Å². The Bertz CT molecular complexity index is 1240. The van der Waals surface area contributed by atoms with E-state index in [9.17, 15) is 0 Å². The summed E-state index contributed by atoms with van der Waals surface area (Å²) in [6.07, 6.45) is 0. The smallest absolute Gasteiger partial charge is 0.136 e. The van der Waals surface area contributed by atoms with E-state index in [1.165, 1.54) is 43.7 Å². The number of nitrogens with zero attached hydrogens (tertiary/aromatic N) is 1. The molecule has 2 heteroatoms. The minimum atomic E-state index is 0.961. The summed E-state index contributed by atoms with van der Waals surface area (Å²) in [6, 6.07) is 17.4. The maximum Gasteiger partial charge on any atom is 0.136 e. The van der Waals surface area contributed by atoms with E-state index in [-0.39, 0.29) is 0 Å². The molecule has 0 saturated heterocycles. The second-order valence-electron chi connectivity index (χ2n) is 6.51. The average molecular weight is 299 g/mol. The monoisotopic (exact) mass is 299 g/mol. The van der Waals surface area contributed by atoms with Gasteiger partial charge in [0, 0.05) is 39.6 Å². The molecule has 0 spiro atoms. The molecule has 0 aliphatic carbocycles. The minimum Gasteiger partial charge on any atom is -0.456 e. The van der Waals surface area contributed by atoms with Gasteiger partial charge in [-0.1, -0.05) is 23.3 Å². The van der Waals surface area contributed by atoms with Gasteiger partial charge in [-0.3, -0.25) is 0 Å². The van der Waals surface area contributed by atoms with Gasteiger partial charge in [0.15, 0.2) is 0 Å². The number of furan rings is 1. The molecule has 5 rings (SSSR count). The van der Waals surface area contributed by atoms with Crippen molar-refractivity contribution < 1.29 is 4.42 Å². The third kappa shape index (κ3) is 1.58. The van der Waals surface area contributed by atoms with Crippen LogP contribution in [0.15, 0.2) is 52.9 Å². The van der Waals surface area contributed by atoms with Crippen LogP contribution in [-0.4, -0.2) is 4.57 Å². The standard InChI is InChI=1S/C21H17NO/c1-12-4-6-16-14(10-12)20-17(22(16)3)7-9-19-21(20)15-11-13(2)5-8-18(15)23-19/h4-11H,1-3H3. The molecule has 23 heavy (non-hydrogen) atoms. The van der Waals surface area contributed by atoms with Crippen LogP contribution in [0.25, 0.3) is 43.7 Å². The van der Waals surface area contributed by atoms with Gasteiger partial charge in [0.1, 0.15) is 11.2 Å². The Kier molecular flexibility index (Phi) is 2.31. The van der Waals surface area contributed by atoms with E-state index in [4.69, 9.17) is 4.42 Å². The van der Waals surface area contributed by atoms with Crippen LogP contribution in [0.4, 0.5) is 0 Å². The van der Waals surface area contributed by atoms with E-state index < -0.39 is 0 Å². The third-order valence-electron chi connectivity index (χ3n) is 4.91. The number of aromatic nitrogens is 1. The predicted octanol–water partition coefficient (Wildman–Crippen LogP) is 5.85. The normalized spacial score (nSPS) is 12.1. The van der Waals surface area contributed by atoms with E-state index in [2.05, 4.69) is 74.0 Å². The van der Waals surface area contributed by atoms with Crippen molar-refractivity contribution in [3.8, 4) is 0 Å². The molecule has 0 bridgehead atoms. The van der Waals surface area contributed by atoms with Crippen molar-refractivity contribution in [2.45, 2.75) is 13.8 Å². The lowest BCUT2D eigenvalue weighted by Crippen LogP contribution is -1.85. The highest BCUT2D eigenvalue weighted by atomic mass is 16.3. The van der Waals surface area contributed by atoms with Gasteiger partial charge in [-0.05, 0) is 50.2 Å². The Balaban J connectivity index is 2.16. The second-order valence-corrected chi connectivity index (χ2v) is 6.51. The van der Waals surface area contributed by atoms with Crippen LogP contribution in [0, 0.1) is 13.8 Å². The highest BCUT2D eigenvalue weighted by Crippen LogP contribution is 2.39. The first-order valence-electron chi connectivity index (χ1n) is 7.94. The summed E-state index contributed by atoms with van der Waals surface area (Å²) in [7, 11) is 2.14. The summed E-state index contributed by atoms with van der Waals surface area (Å²) < 4.78 is 8.37. The summed E-state index contributed by atoms with van der Waals surface area (Å²) in [5.74, 6) is 0. The highest BCUT2D eigenvalue weighted by Gasteiger charge is 2.16. The summed E-state index contributed by atoms with van der Waals surface area (Å²) in [5.41, 5.74) is 6.98. The molecular weight excluding hydrogens is 282 g/mol. The Labute approximate surface area is 133 Å². The third-order valence-corrected chi connectivity index (χ3v) is 4.91. The van der Waals surface area contributed by atoms with Gasteiger partial charge >= 0.3 is 0 Å². The van der Waals surface area contributed by atoms with Crippen LogP contribution in [0.3, 0.4) is 0 Å². The number of hydrogen-bond donors (Lipinski definition) is 0. The van der Waals surface area contributed by atoms with Gasteiger partial charge in [-0.2, -0.15) is 0 Å². The number of rotatable bonds is 0. The molecule has 5 aromatic rings. The van der Waals surface area contributed by atoms with Crippen molar-refractivity contribution in [1.29, 1.82) is 0 Å². The van der Waals surface area contributed by atoms with Crippen LogP contribution >= 0.6 is 0 Å². The first-order valence-corrected chi connectivity index (χ1v) is 7.94. The van der Waals surface area contributed by atoms with Crippen LogP contribution in [0.5, 0.6) is 0 Å². The fourth-order valence-corrected chi connectivity index (χ4v) is 3.80. The number of fused-ring (bicyclic) bond motifs is 7. The van der Waals surface area contributed by atoms with Gasteiger partial charge in [0.05, 0.1) is 0 Å². The van der Waals surface area contributed by atoms with Crippen molar-refractivity contribution in [2.75, 3.05) is 0 Å². The van der Waals surface area contributed by atoms with Crippen molar-refractivity contribution in [2.24, 2.45) is 7.05 Å². The van der Waals surface area contributed by atoms with Gasteiger partial charge in [-0.15, -0.1) is 0 Å². The number of benzene rings is 3. The van der Waals surface area contributed by atoms with Crippen LogP contribution in [0.2, 0.25) is 0 Å². The summed E-state index contributed by atoms with van der Waals surface area (Å²) in [5, 5.41) is 5.04. The quantitative estimate of drug-likeness (QED) is 0.351. The molecule has 0 unspecified atom stereocenters. The first kappa shape index (κ1) is 12.8. The largest absolute Gasteiger partial charge is 0.456 e. The van der Waals surface area contributed by atoms with E-state index in [0.29, 0.717) is 0 Å². The Hall–Kier alpha value is -2.74. The number of hydrogen-bond acceptors (Lipinski definition) is 1. The van der Waals surface area contributed by atoms with E-state index in [1.807, 2.05) is 0 Å². The van der Waals surface area contributed by atoms with Crippen LogP contribution in [0.1, 0.15) is 11.1 Å². The predicted molar refractivity (Wildman–Crippen MR) is 97.2 cm³/mol. The lowest BCUT2D eigenvalue weighted by Gasteiger charge is -1.97. The van der Waals surface area contributed by atoms with Crippen LogP contribution < -0.4 is 0 Å². The molecule has 2 nitrogen and oxygen atoms in total. The topological polar surface area (TPSA) is 18.1 Å². The van der Waals surface area contributed by atoms with E-state index in [1.54, 1.807) is 0 Å². The van der Waals surface area contributed by atoms with Crippen molar-refractivity contribution in [3.63, 3.8) is 0 Å². The SMILES string of the molecule is Cc1ccc2oc3ccc4c(c5cc(C)ccc5n4C)c3c2c1. The van der Waals surface area contributed by atoms with Gasteiger partial charge in [0.25, 0.3) is 0 Å². The summed E-state index contributed by atoms with van der Waals surface area (Å²) in [6.45, 7) is 4.28. The summed E-state index contributed by atoms with van der Waals surface area (Å²) >= 11 is 0. The maximum absolute atomic E-state index is 6.09. The molecule has 0 aliphatic heterocycles. The van der Waals surface area contributed by atoms with E-state index >= 15 is 0 Å². The molecule has 0 atom stereocenters. The Morgan fingerprint density at radius 1 is 0.696 bits per heavy atom. The molecular formula is C21H17NO. The van der Waals surface area contributed by atoms with Gasteiger partial charge < -0.3 is 8.98 Å². The minimum absolute atomic E-state index is 0.961. The molecule has 3 aromatic carbocycles. The molecule has 0 amide bonds. The number of aryl methyl sites for hydroxylation is 3. The zero-order chi connectivity index (χ0) is 15.7. The van der Waals surface area contributed by atoms with Crippen molar-refractivity contribution in [1.82, 2.24) is 4.57 Å². The molecule has 0 fully saturated rings. The molecule has 2 heterocycles. The molecule has 0 aliphatic rings. The Morgan fingerprint density at radius 3 is 2.17 bits per heavy atom. The molecule has 2 aromatic heterocycles. The van der Waals surface area contributed by atoms with Crippen molar-refractivity contribution in [3.05, 3.63) is 59.7 Å². The van der Waals surface area contributed by atoms with Gasteiger partial charge in [0.2, 0.25) is 0 Å². The zero-order valence-corrected chi connectivity index (χ0v) is 13.5. The first-order chi connectivity index (χ1) is 11.1. The second kappa shape index (κ2) is 4.17. The fraction of sp³-hybridized carbons (Fsp3) is 0.143. The zero-order valence-electron chi connectivity index (χ0n) is 13.5. The molecule has 0 saturated carbocycles. The molecule has 0 radical (unpaired) electrons. The Morgan fingerprint density at radius 2 is 1.35 bits per heavy atom. The molecule has 0 N–H and O–H groups in total. The highest BCUT2D eigenvalue weighted by molar-refractivity contribution is 6.27. The average Bonchev–Trinajstić information content (AvgIpc) is 3.03. The van der Waals surface area contributed by atoms with E-state index in [0.717, 1.165) is 11.2 Å². The van der Waals surface area contributed by atoms with Crippen LogP contribution in [-0.2, 0) is 7.05 Å². The van der Waals surface area contributed by atoms with Crippen molar-refractivity contribution >= 4 is 43.7 Å². The maximum atomic E-state index is 6.09. The fourth-order valence-electron chi connectivity index (χ4n) is 3.80.